The number of carbonyl (C=O) groups is 2. The lowest BCUT2D eigenvalue weighted by atomic mass is 9.95. The summed E-state index contributed by atoms with van der Waals surface area (Å²) in [5.41, 5.74) is 2.65. The minimum absolute atomic E-state index is 0.128. The van der Waals surface area contributed by atoms with Gasteiger partial charge >= 0.3 is 0 Å². The molecular formula is C25H30Cl2N2O2. The van der Waals surface area contributed by atoms with Crippen LogP contribution in [0, 0.1) is 6.92 Å². The highest BCUT2D eigenvalue weighted by atomic mass is 35.5. The molecule has 6 heteroatoms. The van der Waals surface area contributed by atoms with Gasteiger partial charge in [-0.2, -0.15) is 0 Å². The van der Waals surface area contributed by atoms with E-state index in [1.807, 2.05) is 31.2 Å². The molecule has 1 saturated carbocycles. The van der Waals surface area contributed by atoms with Crippen LogP contribution < -0.4 is 5.32 Å². The highest BCUT2D eigenvalue weighted by molar-refractivity contribution is 6.36. The van der Waals surface area contributed by atoms with Crippen LogP contribution in [0.2, 0.25) is 10.0 Å². The Bertz CT molecular complexity index is 905. The molecule has 1 aliphatic rings. The summed E-state index contributed by atoms with van der Waals surface area (Å²) in [4.78, 5) is 28.1. The van der Waals surface area contributed by atoms with Crippen LogP contribution >= 0.6 is 23.2 Å². The van der Waals surface area contributed by atoms with E-state index in [1.165, 1.54) is 6.42 Å². The highest BCUT2D eigenvalue weighted by Crippen LogP contribution is 2.27. The molecular weight excluding hydrogens is 431 g/mol. The molecule has 1 N–H and O–H groups in total. The van der Waals surface area contributed by atoms with Gasteiger partial charge in [0, 0.05) is 28.2 Å². The lowest BCUT2D eigenvalue weighted by Crippen LogP contribution is -2.50. The average molecular weight is 461 g/mol. The van der Waals surface area contributed by atoms with Gasteiger partial charge in [0.05, 0.1) is 6.42 Å². The average Bonchev–Trinajstić information content (AvgIpc) is 2.75. The van der Waals surface area contributed by atoms with Gasteiger partial charge in [0.1, 0.15) is 6.04 Å². The van der Waals surface area contributed by atoms with Crippen molar-refractivity contribution in [1.29, 1.82) is 0 Å². The second-order valence-corrected chi connectivity index (χ2v) is 9.16. The Morgan fingerprint density at radius 1 is 1.03 bits per heavy atom. The van der Waals surface area contributed by atoms with Gasteiger partial charge in [-0.1, -0.05) is 72.8 Å². The number of rotatable bonds is 7. The third-order valence-corrected chi connectivity index (χ3v) is 6.82. The Morgan fingerprint density at radius 2 is 1.68 bits per heavy atom. The maximum Gasteiger partial charge on any atom is 0.242 e. The third kappa shape index (κ3) is 6.24. The van der Waals surface area contributed by atoms with Gasteiger partial charge in [0.25, 0.3) is 0 Å². The van der Waals surface area contributed by atoms with E-state index in [1.54, 1.807) is 30.0 Å². The monoisotopic (exact) mass is 460 g/mol. The fraction of sp³-hybridized carbons (Fsp3) is 0.440. The molecule has 0 heterocycles. The lowest BCUT2D eigenvalue weighted by Gasteiger charge is -2.32. The second kappa shape index (κ2) is 11.0. The van der Waals surface area contributed by atoms with Gasteiger partial charge in [0.2, 0.25) is 11.8 Å². The van der Waals surface area contributed by atoms with Gasteiger partial charge < -0.3 is 10.2 Å². The normalized spacial score (nSPS) is 15.4. The van der Waals surface area contributed by atoms with Crippen molar-refractivity contribution in [3.63, 3.8) is 0 Å². The summed E-state index contributed by atoms with van der Waals surface area (Å²) in [5, 5.41) is 4.12. The summed E-state index contributed by atoms with van der Waals surface area (Å²) in [7, 11) is 0. The summed E-state index contributed by atoms with van der Waals surface area (Å²) >= 11 is 12.8. The van der Waals surface area contributed by atoms with Gasteiger partial charge in [-0.25, -0.2) is 0 Å². The van der Waals surface area contributed by atoms with Gasteiger partial charge in [-0.15, -0.1) is 0 Å². The lowest BCUT2D eigenvalue weighted by molar-refractivity contribution is -0.140. The molecule has 4 nitrogen and oxygen atoms in total. The number of hydrogen-bond donors (Lipinski definition) is 1. The van der Waals surface area contributed by atoms with E-state index in [2.05, 4.69) is 5.32 Å². The van der Waals surface area contributed by atoms with E-state index in [0.717, 1.165) is 36.8 Å². The van der Waals surface area contributed by atoms with Crippen LogP contribution in [0.15, 0.2) is 42.5 Å². The fourth-order valence-corrected chi connectivity index (χ4v) is 4.59. The third-order valence-electron chi connectivity index (χ3n) is 6.11. The molecule has 2 aromatic carbocycles. The van der Waals surface area contributed by atoms with Gasteiger partial charge in [-0.3, -0.25) is 9.59 Å². The molecule has 0 bridgehead atoms. The Morgan fingerprint density at radius 3 is 2.32 bits per heavy atom. The minimum Gasteiger partial charge on any atom is -0.352 e. The zero-order chi connectivity index (χ0) is 22.4. The molecule has 1 fully saturated rings. The minimum atomic E-state index is -0.634. The summed E-state index contributed by atoms with van der Waals surface area (Å²) < 4.78 is 0. The van der Waals surface area contributed by atoms with E-state index in [9.17, 15) is 9.59 Å². The molecule has 2 aromatic rings. The van der Waals surface area contributed by atoms with Crippen molar-refractivity contribution in [3.05, 3.63) is 69.2 Å². The Kier molecular flexibility index (Phi) is 8.39. The zero-order valence-electron chi connectivity index (χ0n) is 18.2. The van der Waals surface area contributed by atoms with Crippen molar-refractivity contribution in [3.8, 4) is 0 Å². The summed E-state index contributed by atoms with van der Waals surface area (Å²) in [5.74, 6) is -0.259. The predicted molar refractivity (Wildman–Crippen MR) is 126 cm³/mol. The first-order valence-electron chi connectivity index (χ1n) is 10.9. The molecule has 1 atom stereocenters. The number of benzene rings is 2. The first-order chi connectivity index (χ1) is 14.9. The second-order valence-electron chi connectivity index (χ2n) is 8.34. The molecule has 0 saturated heterocycles. The van der Waals surface area contributed by atoms with Gasteiger partial charge in [-0.05, 0) is 49.9 Å². The van der Waals surface area contributed by atoms with Crippen molar-refractivity contribution in [2.45, 2.75) is 71.0 Å². The maximum absolute atomic E-state index is 13.4. The van der Waals surface area contributed by atoms with Crippen LogP contribution in [0.4, 0.5) is 0 Å². The number of aryl methyl sites for hydroxylation is 1. The smallest absolute Gasteiger partial charge is 0.242 e. The quantitative estimate of drug-likeness (QED) is 0.574. The Balaban J connectivity index is 1.82. The number of nitrogens with one attached hydrogen (secondary N) is 1. The van der Waals surface area contributed by atoms with Crippen molar-refractivity contribution >= 4 is 35.0 Å². The van der Waals surface area contributed by atoms with Crippen LogP contribution in [0.25, 0.3) is 0 Å². The number of halogens is 2. The molecule has 0 unspecified atom stereocenters. The Labute approximate surface area is 194 Å². The number of carbonyl (C=O) groups excluding carboxylic acids is 2. The fourth-order valence-electron chi connectivity index (χ4n) is 4.08. The summed E-state index contributed by atoms with van der Waals surface area (Å²) in [6.45, 7) is 3.94. The van der Waals surface area contributed by atoms with Crippen molar-refractivity contribution in [1.82, 2.24) is 10.2 Å². The number of nitrogens with zero attached hydrogens (tertiary/aromatic N) is 1. The Hall–Kier alpha value is -2.04. The molecule has 2 amide bonds. The van der Waals surface area contributed by atoms with E-state index in [4.69, 9.17) is 23.2 Å². The SMILES string of the molecule is Cc1ccccc1CC(=O)N(Cc1c(Cl)cccc1Cl)[C@H](C)C(=O)NC1CCCCC1. The largest absolute Gasteiger partial charge is 0.352 e. The summed E-state index contributed by atoms with van der Waals surface area (Å²) in [6.07, 6.45) is 5.68. The van der Waals surface area contributed by atoms with E-state index >= 15 is 0 Å². The van der Waals surface area contributed by atoms with Crippen LogP contribution in [-0.2, 0) is 22.6 Å². The molecule has 1 aliphatic carbocycles. The summed E-state index contributed by atoms with van der Waals surface area (Å²) in [6, 6.07) is 12.6. The maximum atomic E-state index is 13.4. The molecule has 3 rings (SSSR count). The number of amides is 2. The van der Waals surface area contributed by atoms with Crippen molar-refractivity contribution in [2.24, 2.45) is 0 Å². The first kappa shape index (κ1) is 23.6. The highest BCUT2D eigenvalue weighted by Gasteiger charge is 2.29. The first-order valence-corrected chi connectivity index (χ1v) is 11.7. The predicted octanol–water partition coefficient (Wildman–Crippen LogP) is 5.71. The van der Waals surface area contributed by atoms with Crippen LogP contribution in [-0.4, -0.2) is 28.8 Å². The molecule has 0 aromatic heterocycles. The molecule has 166 valence electrons. The van der Waals surface area contributed by atoms with Crippen LogP contribution in [0.5, 0.6) is 0 Å². The van der Waals surface area contributed by atoms with E-state index in [-0.39, 0.29) is 30.8 Å². The van der Waals surface area contributed by atoms with E-state index in [0.29, 0.717) is 15.6 Å². The van der Waals surface area contributed by atoms with Crippen LogP contribution in [0.1, 0.15) is 55.7 Å². The van der Waals surface area contributed by atoms with E-state index < -0.39 is 6.04 Å². The molecule has 0 spiro atoms. The van der Waals surface area contributed by atoms with Crippen molar-refractivity contribution < 1.29 is 9.59 Å². The molecule has 31 heavy (non-hydrogen) atoms. The zero-order valence-corrected chi connectivity index (χ0v) is 19.7. The van der Waals surface area contributed by atoms with Crippen LogP contribution in [0.3, 0.4) is 0 Å². The number of hydrogen-bond acceptors (Lipinski definition) is 2. The van der Waals surface area contributed by atoms with Gasteiger partial charge in [0.15, 0.2) is 0 Å². The van der Waals surface area contributed by atoms with Crippen molar-refractivity contribution in [2.75, 3.05) is 0 Å². The molecule has 0 aliphatic heterocycles. The molecule has 0 radical (unpaired) electrons. The standard InChI is InChI=1S/C25H30Cl2N2O2/c1-17-9-6-7-10-19(17)15-24(30)29(16-21-22(26)13-8-14-23(21)27)18(2)25(31)28-20-11-4-3-5-12-20/h6-10,13-14,18,20H,3-5,11-12,15-16H2,1-2H3,(H,28,31)/t18-/m1/s1. The topological polar surface area (TPSA) is 49.4 Å².